The second-order valence-electron chi connectivity index (χ2n) is 4.77. The molecule has 16 heavy (non-hydrogen) atoms. The minimum atomic E-state index is 0.264. The number of rotatable bonds is 5. The summed E-state index contributed by atoms with van der Waals surface area (Å²) in [6, 6.07) is 6.83. The number of hydrogen-bond donors (Lipinski definition) is 2. The van der Waals surface area contributed by atoms with Crippen molar-refractivity contribution in [3.63, 3.8) is 0 Å². The van der Waals surface area contributed by atoms with Gasteiger partial charge in [0.1, 0.15) is 0 Å². The van der Waals surface area contributed by atoms with E-state index < -0.39 is 0 Å². The Hall–Kier alpha value is -0.860. The van der Waals surface area contributed by atoms with E-state index in [9.17, 15) is 0 Å². The summed E-state index contributed by atoms with van der Waals surface area (Å²) in [7, 11) is 0. The normalized spacial score (nSPS) is 14.8. The first-order chi connectivity index (χ1) is 7.60. The summed E-state index contributed by atoms with van der Waals surface area (Å²) in [4.78, 5) is 0. The molecule has 0 fully saturated rings. The van der Waals surface area contributed by atoms with Gasteiger partial charge in [0.05, 0.1) is 0 Å². The van der Waals surface area contributed by atoms with Gasteiger partial charge in [-0.05, 0) is 37.3 Å². The number of hydrazine groups is 1. The summed E-state index contributed by atoms with van der Waals surface area (Å²) in [6.45, 7) is 8.75. The fourth-order valence-corrected chi connectivity index (χ4v) is 2.28. The van der Waals surface area contributed by atoms with Crippen LogP contribution in [-0.4, -0.2) is 0 Å². The molecule has 1 aromatic carbocycles. The van der Waals surface area contributed by atoms with Gasteiger partial charge < -0.3 is 0 Å². The molecular weight excluding hydrogens is 196 g/mol. The third kappa shape index (κ3) is 3.06. The van der Waals surface area contributed by atoms with Crippen molar-refractivity contribution in [1.29, 1.82) is 0 Å². The van der Waals surface area contributed by atoms with Gasteiger partial charge in [0.15, 0.2) is 0 Å². The van der Waals surface area contributed by atoms with Crippen LogP contribution in [0.1, 0.15) is 49.4 Å². The van der Waals surface area contributed by atoms with Crippen molar-refractivity contribution in [2.45, 2.75) is 46.6 Å². The zero-order valence-corrected chi connectivity index (χ0v) is 10.9. The molecule has 0 aliphatic rings. The van der Waals surface area contributed by atoms with Crippen LogP contribution in [0.2, 0.25) is 0 Å². The Morgan fingerprint density at radius 2 is 2.00 bits per heavy atom. The molecule has 0 radical (unpaired) electrons. The van der Waals surface area contributed by atoms with E-state index in [0.29, 0.717) is 5.92 Å². The Morgan fingerprint density at radius 1 is 1.31 bits per heavy atom. The van der Waals surface area contributed by atoms with Crippen molar-refractivity contribution < 1.29 is 0 Å². The predicted molar refractivity (Wildman–Crippen MR) is 70.1 cm³/mol. The van der Waals surface area contributed by atoms with Crippen LogP contribution in [0, 0.1) is 19.8 Å². The molecule has 0 spiro atoms. The molecule has 0 saturated carbocycles. The summed E-state index contributed by atoms with van der Waals surface area (Å²) in [5.41, 5.74) is 6.92. The molecule has 0 aromatic heterocycles. The Bertz CT molecular complexity index is 334. The third-order valence-electron chi connectivity index (χ3n) is 3.26. The highest BCUT2D eigenvalue weighted by Crippen LogP contribution is 2.27. The molecular formula is C14H24N2. The van der Waals surface area contributed by atoms with E-state index in [2.05, 4.69) is 51.3 Å². The lowest BCUT2D eigenvalue weighted by atomic mass is 9.88. The zero-order valence-electron chi connectivity index (χ0n) is 10.9. The van der Waals surface area contributed by atoms with Gasteiger partial charge in [0.25, 0.3) is 0 Å². The van der Waals surface area contributed by atoms with Crippen molar-refractivity contribution in [1.82, 2.24) is 5.43 Å². The molecule has 2 atom stereocenters. The lowest BCUT2D eigenvalue weighted by Crippen LogP contribution is -2.33. The summed E-state index contributed by atoms with van der Waals surface area (Å²) in [5, 5.41) is 0. The highest BCUT2D eigenvalue weighted by Gasteiger charge is 2.18. The highest BCUT2D eigenvalue weighted by molar-refractivity contribution is 5.33. The van der Waals surface area contributed by atoms with Gasteiger partial charge in [-0.3, -0.25) is 11.3 Å². The Labute approximate surface area is 99.2 Å². The fraction of sp³-hybridized carbons (Fsp3) is 0.571. The standard InChI is InChI=1S/C14H24N2/c1-5-6-12(4)14(16-15)13-9-10(2)7-8-11(13)3/h7-9,12,14,16H,5-6,15H2,1-4H3. The molecule has 1 aromatic rings. The molecule has 0 saturated heterocycles. The van der Waals surface area contributed by atoms with Crippen LogP contribution in [0.25, 0.3) is 0 Å². The topological polar surface area (TPSA) is 38.0 Å². The molecule has 0 bridgehead atoms. The van der Waals surface area contributed by atoms with Gasteiger partial charge in [-0.2, -0.15) is 0 Å². The van der Waals surface area contributed by atoms with Crippen LogP contribution in [-0.2, 0) is 0 Å². The van der Waals surface area contributed by atoms with Crippen LogP contribution in [0.3, 0.4) is 0 Å². The zero-order chi connectivity index (χ0) is 12.1. The molecule has 0 heterocycles. The minimum Gasteiger partial charge on any atom is -0.271 e. The smallest absolute Gasteiger partial charge is 0.0488 e. The minimum absolute atomic E-state index is 0.264. The van der Waals surface area contributed by atoms with Crippen LogP contribution in [0.4, 0.5) is 0 Å². The SMILES string of the molecule is CCCC(C)C(NN)c1cc(C)ccc1C. The maximum atomic E-state index is 5.70. The Balaban J connectivity index is 2.98. The van der Waals surface area contributed by atoms with Gasteiger partial charge >= 0.3 is 0 Å². The maximum absolute atomic E-state index is 5.70. The van der Waals surface area contributed by atoms with E-state index in [0.717, 1.165) is 0 Å². The van der Waals surface area contributed by atoms with Gasteiger partial charge in [0, 0.05) is 6.04 Å². The van der Waals surface area contributed by atoms with Crippen LogP contribution in [0.5, 0.6) is 0 Å². The van der Waals surface area contributed by atoms with Crippen LogP contribution < -0.4 is 11.3 Å². The van der Waals surface area contributed by atoms with E-state index >= 15 is 0 Å². The fourth-order valence-electron chi connectivity index (χ4n) is 2.28. The maximum Gasteiger partial charge on any atom is 0.0488 e. The second-order valence-corrected chi connectivity index (χ2v) is 4.77. The first kappa shape index (κ1) is 13.2. The molecule has 2 nitrogen and oxygen atoms in total. The van der Waals surface area contributed by atoms with E-state index in [1.807, 2.05) is 0 Å². The number of aryl methyl sites for hydroxylation is 2. The number of hydrogen-bond acceptors (Lipinski definition) is 2. The van der Waals surface area contributed by atoms with Gasteiger partial charge in [-0.1, -0.05) is 44.0 Å². The summed E-state index contributed by atoms with van der Waals surface area (Å²) >= 11 is 0. The lowest BCUT2D eigenvalue weighted by Gasteiger charge is -2.25. The summed E-state index contributed by atoms with van der Waals surface area (Å²) < 4.78 is 0. The number of benzene rings is 1. The van der Waals surface area contributed by atoms with E-state index in [4.69, 9.17) is 5.84 Å². The molecule has 1 rings (SSSR count). The molecule has 0 aliphatic heterocycles. The lowest BCUT2D eigenvalue weighted by molar-refractivity contribution is 0.367. The predicted octanol–water partition coefficient (Wildman–Crippen LogP) is 3.24. The third-order valence-corrected chi connectivity index (χ3v) is 3.26. The van der Waals surface area contributed by atoms with Gasteiger partial charge in [-0.15, -0.1) is 0 Å². The Morgan fingerprint density at radius 3 is 2.56 bits per heavy atom. The van der Waals surface area contributed by atoms with Crippen molar-refractivity contribution >= 4 is 0 Å². The van der Waals surface area contributed by atoms with E-state index in [-0.39, 0.29) is 6.04 Å². The average molecular weight is 220 g/mol. The Kier molecular flexibility index (Phi) is 4.97. The molecule has 2 unspecified atom stereocenters. The van der Waals surface area contributed by atoms with Crippen molar-refractivity contribution in [2.75, 3.05) is 0 Å². The van der Waals surface area contributed by atoms with Crippen LogP contribution >= 0.6 is 0 Å². The molecule has 0 aliphatic carbocycles. The second kappa shape index (κ2) is 6.02. The average Bonchev–Trinajstić information content (AvgIpc) is 2.24. The van der Waals surface area contributed by atoms with Crippen LogP contribution in [0.15, 0.2) is 18.2 Å². The first-order valence-corrected chi connectivity index (χ1v) is 6.13. The summed E-state index contributed by atoms with van der Waals surface area (Å²) in [6.07, 6.45) is 2.40. The molecule has 2 heteroatoms. The van der Waals surface area contributed by atoms with E-state index in [1.165, 1.54) is 29.5 Å². The van der Waals surface area contributed by atoms with Crippen molar-refractivity contribution in [3.8, 4) is 0 Å². The van der Waals surface area contributed by atoms with Crippen molar-refractivity contribution in [3.05, 3.63) is 34.9 Å². The number of nitrogens with two attached hydrogens (primary N) is 1. The van der Waals surface area contributed by atoms with E-state index in [1.54, 1.807) is 0 Å². The van der Waals surface area contributed by atoms with Gasteiger partial charge in [0.2, 0.25) is 0 Å². The largest absolute Gasteiger partial charge is 0.271 e. The quantitative estimate of drug-likeness (QED) is 0.590. The van der Waals surface area contributed by atoms with Crippen molar-refractivity contribution in [2.24, 2.45) is 11.8 Å². The van der Waals surface area contributed by atoms with Gasteiger partial charge in [-0.25, -0.2) is 0 Å². The molecule has 90 valence electrons. The molecule has 3 N–H and O–H groups in total. The highest BCUT2D eigenvalue weighted by atomic mass is 15.2. The summed E-state index contributed by atoms with van der Waals surface area (Å²) in [5.74, 6) is 6.27. The monoisotopic (exact) mass is 220 g/mol. The first-order valence-electron chi connectivity index (χ1n) is 6.13. The molecule has 0 amide bonds. The number of nitrogens with one attached hydrogen (secondary N) is 1.